The van der Waals surface area contributed by atoms with E-state index in [4.69, 9.17) is 9.31 Å². The van der Waals surface area contributed by atoms with E-state index in [2.05, 4.69) is 4.98 Å². The average Bonchev–Trinajstić information content (AvgIpc) is 2.40. The number of aromatic hydroxyl groups is 1. The fraction of sp³-hybridized carbons (Fsp3) is 0.583. The van der Waals surface area contributed by atoms with E-state index >= 15 is 0 Å². The maximum Gasteiger partial charge on any atom is 0.498 e. The summed E-state index contributed by atoms with van der Waals surface area (Å²) in [6, 6.07) is 1.73. The van der Waals surface area contributed by atoms with Gasteiger partial charge in [-0.1, -0.05) is 0 Å². The van der Waals surface area contributed by atoms with Crippen molar-refractivity contribution in [3.63, 3.8) is 0 Å². The van der Waals surface area contributed by atoms with E-state index in [0.717, 1.165) is 0 Å². The Labute approximate surface area is 102 Å². The summed E-state index contributed by atoms with van der Waals surface area (Å²) in [6.45, 7) is 9.69. The molecule has 4 nitrogen and oxygen atoms in total. The second-order valence-corrected chi connectivity index (χ2v) is 5.42. The number of pyridine rings is 1. The van der Waals surface area contributed by atoms with Crippen molar-refractivity contribution < 1.29 is 14.4 Å². The quantitative estimate of drug-likeness (QED) is 0.747. The van der Waals surface area contributed by atoms with Gasteiger partial charge in [0.2, 0.25) is 0 Å². The first-order chi connectivity index (χ1) is 7.74. The fourth-order valence-corrected chi connectivity index (χ4v) is 1.74. The molecule has 5 heteroatoms. The lowest BCUT2D eigenvalue weighted by atomic mass is 9.78. The van der Waals surface area contributed by atoms with Gasteiger partial charge >= 0.3 is 7.12 Å². The third-order valence-corrected chi connectivity index (χ3v) is 3.65. The van der Waals surface area contributed by atoms with Crippen molar-refractivity contribution >= 4 is 12.6 Å². The van der Waals surface area contributed by atoms with Gasteiger partial charge in [0, 0.05) is 11.7 Å². The molecule has 0 unspecified atom stereocenters. The van der Waals surface area contributed by atoms with Gasteiger partial charge in [-0.25, -0.2) is 0 Å². The maximum absolute atomic E-state index is 9.98. The van der Waals surface area contributed by atoms with Gasteiger partial charge in [0.05, 0.1) is 16.9 Å². The summed E-state index contributed by atoms with van der Waals surface area (Å²) in [5, 5.41) is 9.98. The molecule has 1 aromatic rings. The molecular formula is C12H18BNO3. The van der Waals surface area contributed by atoms with Crippen LogP contribution < -0.4 is 5.46 Å². The first-order valence-electron chi connectivity index (χ1n) is 5.75. The normalized spacial score (nSPS) is 21.8. The monoisotopic (exact) mass is 235 g/mol. The Kier molecular flexibility index (Phi) is 2.71. The molecule has 0 radical (unpaired) electrons. The molecule has 0 atom stereocenters. The van der Waals surface area contributed by atoms with Crippen molar-refractivity contribution in [3.8, 4) is 5.75 Å². The van der Waals surface area contributed by atoms with Gasteiger partial charge in [-0.2, -0.15) is 0 Å². The predicted molar refractivity (Wildman–Crippen MR) is 66.4 cm³/mol. The van der Waals surface area contributed by atoms with Gasteiger partial charge in [-0.15, -0.1) is 0 Å². The van der Waals surface area contributed by atoms with Crippen LogP contribution >= 0.6 is 0 Å². The molecule has 17 heavy (non-hydrogen) atoms. The highest BCUT2D eigenvalue weighted by Crippen LogP contribution is 2.37. The summed E-state index contributed by atoms with van der Waals surface area (Å²) in [6.07, 6.45) is 1.65. The third-order valence-electron chi connectivity index (χ3n) is 3.65. The van der Waals surface area contributed by atoms with Crippen LogP contribution in [0.25, 0.3) is 0 Å². The van der Waals surface area contributed by atoms with E-state index in [9.17, 15) is 5.11 Å². The van der Waals surface area contributed by atoms with Crippen molar-refractivity contribution in [1.82, 2.24) is 4.98 Å². The lowest BCUT2D eigenvalue weighted by Gasteiger charge is -2.32. The highest BCUT2D eigenvalue weighted by molar-refractivity contribution is 6.63. The first kappa shape index (κ1) is 12.4. The summed E-state index contributed by atoms with van der Waals surface area (Å²) in [5.41, 5.74) is 0.413. The molecule has 1 aliphatic heterocycles. The lowest BCUT2D eigenvalue weighted by molar-refractivity contribution is 0.00578. The smallest absolute Gasteiger partial charge is 0.498 e. The lowest BCUT2D eigenvalue weighted by Crippen LogP contribution is -2.41. The number of aromatic nitrogens is 1. The Morgan fingerprint density at radius 2 is 1.71 bits per heavy atom. The van der Waals surface area contributed by atoms with Crippen LogP contribution in [-0.2, 0) is 9.31 Å². The maximum atomic E-state index is 9.98. The predicted octanol–water partition coefficient (Wildman–Crippen LogP) is 1.39. The molecule has 1 saturated heterocycles. The molecule has 0 saturated carbocycles. The zero-order chi connectivity index (χ0) is 12.8. The van der Waals surface area contributed by atoms with Crippen molar-refractivity contribution in [3.05, 3.63) is 18.0 Å². The van der Waals surface area contributed by atoms with Gasteiger partial charge in [0.1, 0.15) is 5.75 Å². The van der Waals surface area contributed by atoms with E-state index < -0.39 is 18.3 Å². The Bertz CT molecular complexity index is 429. The van der Waals surface area contributed by atoms with E-state index in [0.29, 0.717) is 11.2 Å². The molecule has 1 aliphatic rings. The third kappa shape index (κ3) is 1.94. The van der Waals surface area contributed by atoms with Crippen LogP contribution in [0.3, 0.4) is 0 Å². The SMILES string of the molecule is Cc1nccc(B2OC(C)(C)C(C)(C)O2)c1O. The number of aryl methyl sites for hydroxylation is 1. The molecule has 0 aliphatic carbocycles. The molecule has 2 rings (SSSR count). The molecule has 1 aromatic heterocycles. The molecule has 0 spiro atoms. The second kappa shape index (κ2) is 3.72. The van der Waals surface area contributed by atoms with Crippen LogP contribution in [0.1, 0.15) is 33.4 Å². The molecule has 0 bridgehead atoms. The van der Waals surface area contributed by atoms with Crippen LogP contribution in [0.4, 0.5) is 0 Å². The second-order valence-electron chi connectivity index (χ2n) is 5.42. The Balaban J connectivity index is 2.36. The highest BCUT2D eigenvalue weighted by Gasteiger charge is 2.52. The van der Waals surface area contributed by atoms with Gasteiger partial charge in [0.15, 0.2) is 0 Å². The average molecular weight is 235 g/mol. The van der Waals surface area contributed by atoms with Gasteiger partial charge < -0.3 is 14.4 Å². The van der Waals surface area contributed by atoms with Crippen LogP contribution in [0.5, 0.6) is 5.75 Å². The number of hydrogen-bond donors (Lipinski definition) is 1. The van der Waals surface area contributed by atoms with Crippen molar-refractivity contribution in [2.45, 2.75) is 45.8 Å². The van der Waals surface area contributed by atoms with Crippen molar-refractivity contribution in [2.24, 2.45) is 0 Å². The minimum Gasteiger partial charge on any atom is -0.506 e. The molecule has 92 valence electrons. The summed E-state index contributed by atoms with van der Waals surface area (Å²) in [5.74, 6) is 0.144. The molecule has 1 N–H and O–H groups in total. The Hall–Kier alpha value is -1.07. The zero-order valence-electron chi connectivity index (χ0n) is 10.9. The fourth-order valence-electron chi connectivity index (χ4n) is 1.74. The summed E-state index contributed by atoms with van der Waals surface area (Å²) >= 11 is 0. The standard InChI is InChI=1S/C12H18BNO3/c1-8-10(15)9(6-7-14-8)13-16-11(2,3)12(4,5)17-13/h6-7,15H,1-5H3. The minimum absolute atomic E-state index is 0.144. The topological polar surface area (TPSA) is 51.6 Å². The highest BCUT2D eigenvalue weighted by atomic mass is 16.7. The molecule has 0 amide bonds. The van der Waals surface area contributed by atoms with E-state index in [1.807, 2.05) is 27.7 Å². The van der Waals surface area contributed by atoms with E-state index in [1.165, 1.54) is 0 Å². The molecule has 1 fully saturated rings. The molecule has 2 heterocycles. The first-order valence-corrected chi connectivity index (χ1v) is 5.75. The summed E-state index contributed by atoms with van der Waals surface area (Å²) < 4.78 is 11.8. The van der Waals surface area contributed by atoms with Crippen LogP contribution in [0, 0.1) is 6.92 Å². The van der Waals surface area contributed by atoms with Crippen LogP contribution in [0.15, 0.2) is 12.3 Å². The molecular weight excluding hydrogens is 217 g/mol. The summed E-state index contributed by atoms with van der Waals surface area (Å²) in [4.78, 5) is 4.02. The van der Waals surface area contributed by atoms with Gasteiger partial charge in [-0.05, 0) is 40.7 Å². The van der Waals surface area contributed by atoms with Crippen molar-refractivity contribution in [1.29, 1.82) is 0 Å². The van der Waals surface area contributed by atoms with Gasteiger partial charge in [-0.3, -0.25) is 4.98 Å². The Morgan fingerprint density at radius 3 is 2.24 bits per heavy atom. The summed E-state index contributed by atoms with van der Waals surface area (Å²) in [7, 11) is -0.540. The zero-order valence-corrected chi connectivity index (χ0v) is 10.9. The van der Waals surface area contributed by atoms with Gasteiger partial charge in [0.25, 0.3) is 0 Å². The number of hydrogen-bond acceptors (Lipinski definition) is 4. The van der Waals surface area contributed by atoms with E-state index in [-0.39, 0.29) is 5.75 Å². The van der Waals surface area contributed by atoms with Crippen LogP contribution in [-0.4, -0.2) is 28.4 Å². The molecule has 0 aromatic carbocycles. The van der Waals surface area contributed by atoms with Crippen LogP contribution in [0.2, 0.25) is 0 Å². The number of rotatable bonds is 1. The minimum atomic E-state index is -0.540. The Morgan fingerprint density at radius 1 is 1.18 bits per heavy atom. The van der Waals surface area contributed by atoms with Crippen molar-refractivity contribution in [2.75, 3.05) is 0 Å². The number of nitrogens with zero attached hydrogens (tertiary/aromatic N) is 1. The van der Waals surface area contributed by atoms with E-state index in [1.54, 1.807) is 19.2 Å². The largest absolute Gasteiger partial charge is 0.506 e.